The third kappa shape index (κ3) is 5.22. The van der Waals surface area contributed by atoms with Crippen molar-refractivity contribution < 1.29 is 22.3 Å². The smallest absolute Gasteiger partial charge is 0.264 e. The fourth-order valence-corrected chi connectivity index (χ4v) is 4.21. The molecular formula is C20H25FN2O4S. The van der Waals surface area contributed by atoms with Crippen molar-refractivity contribution in [3.63, 3.8) is 0 Å². The van der Waals surface area contributed by atoms with Gasteiger partial charge in [-0.05, 0) is 49.7 Å². The van der Waals surface area contributed by atoms with E-state index in [1.807, 2.05) is 13.8 Å². The van der Waals surface area contributed by atoms with E-state index in [-0.39, 0.29) is 16.6 Å². The van der Waals surface area contributed by atoms with Crippen LogP contribution in [0.4, 0.5) is 10.1 Å². The zero-order valence-corrected chi connectivity index (χ0v) is 17.0. The minimum absolute atomic E-state index is 0.0639. The molecule has 152 valence electrons. The second-order valence-corrected chi connectivity index (χ2v) is 8.26. The molecule has 1 unspecified atom stereocenters. The van der Waals surface area contributed by atoms with E-state index >= 15 is 0 Å². The summed E-state index contributed by atoms with van der Waals surface area (Å²) in [5.74, 6) is -0.738. The molecule has 1 amide bonds. The maximum Gasteiger partial charge on any atom is 0.264 e. The molecule has 0 fully saturated rings. The Balaban J connectivity index is 2.40. The first-order valence-corrected chi connectivity index (χ1v) is 10.4. The number of para-hydroxylation sites is 1. The molecule has 6 nitrogen and oxygen atoms in total. The van der Waals surface area contributed by atoms with E-state index in [4.69, 9.17) is 4.74 Å². The highest BCUT2D eigenvalue weighted by molar-refractivity contribution is 7.92. The van der Waals surface area contributed by atoms with Crippen molar-refractivity contribution in [3.05, 3.63) is 54.3 Å². The number of carbonyl (C=O) groups is 1. The topological polar surface area (TPSA) is 75.7 Å². The maximum atomic E-state index is 14.4. The van der Waals surface area contributed by atoms with Gasteiger partial charge >= 0.3 is 0 Å². The van der Waals surface area contributed by atoms with Crippen molar-refractivity contribution in [1.82, 2.24) is 5.32 Å². The molecule has 1 atom stereocenters. The molecule has 0 aliphatic heterocycles. The van der Waals surface area contributed by atoms with E-state index < -0.39 is 28.3 Å². The fraction of sp³-hybridized carbons (Fsp3) is 0.350. The second kappa shape index (κ2) is 9.54. The van der Waals surface area contributed by atoms with Gasteiger partial charge in [0.15, 0.2) is 0 Å². The highest BCUT2D eigenvalue weighted by Crippen LogP contribution is 2.27. The predicted molar refractivity (Wildman–Crippen MR) is 106 cm³/mol. The molecule has 2 aromatic carbocycles. The molecular weight excluding hydrogens is 383 g/mol. The van der Waals surface area contributed by atoms with Gasteiger partial charge in [-0.25, -0.2) is 12.8 Å². The van der Waals surface area contributed by atoms with Gasteiger partial charge in [0, 0.05) is 6.04 Å². The molecule has 0 aliphatic rings. The molecule has 0 spiro atoms. The van der Waals surface area contributed by atoms with Gasteiger partial charge < -0.3 is 10.1 Å². The molecule has 0 saturated heterocycles. The maximum absolute atomic E-state index is 14.4. The summed E-state index contributed by atoms with van der Waals surface area (Å²) in [6.45, 7) is 3.30. The molecule has 28 heavy (non-hydrogen) atoms. The van der Waals surface area contributed by atoms with Gasteiger partial charge in [-0.15, -0.1) is 0 Å². The van der Waals surface area contributed by atoms with Crippen LogP contribution in [-0.4, -0.2) is 34.0 Å². The predicted octanol–water partition coefficient (Wildman–Crippen LogP) is 3.33. The SMILES string of the molecule is CCCC(C)NC(=O)CN(c1ccccc1F)S(=O)(=O)c1ccc(OC)cc1. The van der Waals surface area contributed by atoms with Gasteiger partial charge in [0.2, 0.25) is 5.91 Å². The normalized spacial score (nSPS) is 12.3. The first-order chi connectivity index (χ1) is 13.3. The molecule has 1 N–H and O–H groups in total. The number of halogens is 1. The summed E-state index contributed by atoms with van der Waals surface area (Å²) in [7, 11) is -2.70. The Morgan fingerprint density at radius 1 is 1.18 bits per heavy atom. The van der Waals surface area contributed by atoms with Crippen LogP contribution in [0.2, 0.25) is 0 Å². The number of hydrogen-bond donors (Lipinski definition) is 1. The Labute approximate surface area is 165 Å². The van der Waals surface area contributed by atoms with E-state index in [9.17, 15) is 17.6 Å². The number of nitrogens with zero attached hydrogens (tertiary/aromatic N) is 1. The van der Waals surface area contributed by atoms with Crippen LogP contribution in [0.3, 0.4) is 0 Å². The zero-order valence-electron chi connectivity index (χ0n) is 16.2. The summed E-state index contributed by atoms with van der Waals surface area (Å²) in [6.07, 6.45) is 1.64. The summed E-state index contributed by atoms with van der Waals surface area (Å²) in [6, 6.07) is 11.1. The number of carbonyl (C=O) groups excluding carboxylic acids is 1. The second-order valence-electron chi connectivity index (χ2n) is 6.40. The van der Waals surface area contributed by atoms with Crippen molar-refractivity contribution in [3.8, 4) is 5.75 Å². The summed E-state index contributed by atoms with van der Waals surface area (Å²) in [5, 5.41) is 2.75. The average Bonchev–Trinajstić information content (AvgIpc) is 2.67. The molecule has 2 rings (SSSR count). The Morgan fingerprint density at radius 3 is 2.39 bits per heavy atom. The highest BCUT2D eigenvalue weighted by Gasteiger charge is 2.29. The van der Waals surface area contributed by atoms with E-state index in [0.717, 1.165) is 23.2 Å². The average molecular weight is 408 g/mol. The van der Waals surface area contributed by atoms with Gasteiger partial charge in [0.05, 0.1) is 17.7 Å². The summed E-state index contributed by atoms with van der Waals surface area (Å²) in [5.41, 5.74) is -0.184. The Bertz CT molecular complexity index is 901. The van der Waals surface area contributed by atoms with E-state index in [1.165, 1.54) is 49.6 Å². The monoisotopic (exact) mass is 408 g/mol. The zero-order chi connectivity index (χ0) is 20.7. The number of ether oxygens (including phenoxy) is 1. The lowest BCUT2D eigenvalue weighted by Crippen LogP contribution is -2.43. The lowest BCUT2D eigenvalue weighted by Gasteiger charge is -2.25. The number of sulfonamides is 1. The van der Waals surface area contributed by atoms with Crippen molar-refractivity contribution in [1.29, 1.82) is 0 Å². The summed E-state index contributed by atoms with van der Waals surface area (Å²) in [4.78, 5) is 12.4. The lowest BCUT2D eigenvalue weighted by molar-refractivity contribution is -0.120. The van der Waals surface area contributed by atoms with Gasteiger partial charge in [0.1, 0.15) is 18.1 Å². The largest absolute Gasteiger partial charge is 0.497 e. The van der Waals surface area contributed by atoms with Gasteiger partial charge in [-0.1, -0.05) is 25.5 Å². The van der Waals surface area contributed by atoms with Crippen LogP contribution >= 0.6 is 0 Å². The Kier molecular flexibility index (Phi) is 7.39. The number of hydrogen-bond acceptors (Lipinski definition) is 4. The Hall–Kier alpha value is -2.61. The summed E-state index contributed by atoms with van der Waals surface area (Å²) < 4.78 is 46.6. The third-order valence-electron chi connectivity index (χ3n) is 4.18. The minimum atomic E-state index is -4.17. The van der Waals surface area contributed by atoms with Crippen molar-refractivity contribution >= 4 is 21.6 Å². The lowest BCUT2D eigenvalue weighted by atomic mass is 10.2. The van der Waals surface area contributed by atoms with Crippen molar-refractivity contribution in [2.75, 3.05) is 18.0 Å². The van der Waals surface area contributed by atoms with Crippen LogP contribution in [0.1, 0.15) is 26.7 Å². The number of nitrogens with one attached hydrogen (secondary N) is 1. The summed E-state index contributed by atoms with van der Waals surface area (Å²) >= 11 is 0. The first-order valence-electron chi connectivity index (χ1n) is 9.00. The fourth-order valence-electron chi connectivity index (χ4n) is 2.78. The van der Waals surface area contributed by atoms with Crippen LogP contribution in [0, 0.1) is 5.82 Å². The molecule has 0 aliphatic carbocycles. The van der Waals surface area contributed by atoms with Gasteiger partial charge in [-0.3, -0.25) is 9.10 Å². The molecule has 8 heteroatoms. The third-order valence-corrected chi connectivity index (χ3v) is 5.96. The molecule has 0 saturated carbocycles. The quantitative estimate of drug-likeness (QED) is 0.691. The standard InChI is InChI=1S/C20H25FN2O4S/c1-4-7-15(2)22-20(24)14-23(19-9-6-5-8-18(19)21)28(25,26)17-12-10-16(27-3)11-13-17/h5-6,8-13,15H,4,7,14H2,1-3H3,(H,22,24). The Morgan fingerprint density at radius 2 is 1.82 bits per heavy atom. The van der Waals surface area contributed by atoms with Gasteiger partial charge in [-0.2, -0.15) is 0 Å². The van der Waals surface area contributed by atoms with E-state index in [0.29, 0.717) is 5.75 Å². The molecule has 0 radical (unpaired) electrons. The highest BCUT2D eigenvalue weighted by atomic mass is 32.2. The van der Waals surface area contributed by atoms with Crippen LogP contribution in [0.15, 0.2) is 53.4 Å². The van der Waals surface area contributed by atoms with Crippen LogP contribution in [0.5, 0.6) is 5.75 Å². The van der Waals surface area contributed by atoms with Crippen LogP contribution in [-0.2, 0) is 14.8 Å². The molecule has 0 heterocycles. The van der Waals surface area contributed by atoms with Crippen LogP contribution in [0.25, 0.3) is 0 Å². The number of methoxy groups -OCH3 is 1. The number of amides is 1. The molecule has 2 aromatic rings. The van der Waals surface area contributed by atoms with Crippen molar-refractivity contribution in [2.45, 2.75) is 37.6 Å². The van der Waals surface area contributed by atoms with E-state index in [1.54, 1.807) is 0 Å². The van der Waals surface area contributed by atoms with Crippen molar-refractivity contribution in [2.24, 2.45) is 0 Å². The minimum Gasteiger partial charge on any atom is -0.497 e. The first kappa shape index (κ1) is 21.7. The number of rotatable bonds is 9. The van der Waals surface area contributed by atoms with E-state index in [2.05, 4.69) is 5.32 Å². The van der Waals surface area contributed by atoms with Crippen LogP contribution < -0.4 is 14.4 Å². The molecule has 0 bridgehead atoms. The number of anilines is 1. The number of benzene rings is 2. The molecule has 0 aromatic heterocycles. The van der Waals surface area contributed by atoms with Gasteiger partial charge in [0.25, 0.3) is 10.0 Å².